The van der Waals surface area contributed by atoms with Gasteiger partial charge in [-0.1, -0.05) is 0 Å². The maximum absolute atomic E-state index is 8.25. The summed E-state index contributed by atoms with van der Waals surface area (Å²) in [4.78, 5) is 24.5. The van der Waals surface area contributed by atoms with Gasteiger partial charge in [0, 0.05) is 0 Å². The second kappa shape index (κ2) is 16.4. The Morgan fingerprint density at radius 1 is 0.679 bits per heavy atom. The Labute approximate surface area is 199 Å². The number of pyridine rings is 2. The van der Waals surface area contributed by atoms with Crippen LogP contribution in [0.2, 0.25) is 0 Å². The van der Waals surface area contributed by atoms with Crippen molar-refractivity contribution < 1.29 is 54.9 Å². The molecule has 0 radical (unpaired) electrons. The monoisotopic (exact) mass is 708 g/mol. The van der Waals surface area contributed by atoms with Crippen molar-refractivity contribution in [3.8, 4) is 0 Å². The van der Waals surface area contributed by atoms with E-state index in [-0.39, 0.29) is 74.7 Å². The van der Waals surface area contributed by atoms with Crippen LogP contribution in [0, 0.1) is 30.6 Å². The van der Waals surface area contributed by atoms with E-state index >= 15 is 0 Å². The molecule has 18 heteroatoms. The van der Waals surface area contributed by atoms with Gasteiger partial charge in [0.25, 0.3) is 0 Å². The minimum absolute atomic E-state index is 0. The molecule has 4 aromatic rings. The third-order valence-electron chi connectivity index (χ3n) is 2.07. The standard InChI is InChI=1S/2C5H3N3Se.2Ag.2NO3/c2*1-2-4-5(6-3-1)8-9-7-4;;;2*2-1(3)4/h2*1-3H;;;;/q;;2*+1;2*-1. The Hall–Kier alpha value is -1.58. The summed E-state index contributed by atoms with van der Waals surface area (Å²) >= 11 is 0.132. The third kappa shape index (κ3) is 12.7. The molecule has 0 aliphatic carbocycles. The van der Waals surface area contributed by atoms with Crippen molar-refractivity contribution in [2.75, 3.05) is 0 Å². The van der Waals surface area contributed by atoms with Gasteiger partial charge in [0.1, 0.15) is 0 Å². The van der Waals surface area contributed by atoms with Crippen LogP contribution in [0.3, 0.4) is 0 Å². The van der Waals surface area contributed by atoms with E-state index in [0.29, 0.717) is 0 Å². The van der Waals surface area contributed by atoms with Crippen LogP contribution in [0.1, 0.15) is 0 Å². The number of hydrogen-bond donors (Lipinski definition) is 0. The number of rotatable bonds is 0. The Kier molecular flexibility index (Phi) is 16.7. The topological polar surface area (TPSA) is 210 Å². The van der Waals surface area contributed by atoms with E-state index in [1.54, 1.807) is 12.4 Å². The maximum atomic E-state index is 8.25. The normalized spacial score (nSPS) is 8.29. The molecule has 4 heterocycles. The molecule has 4 aromatic heterocycles. The van der Waals surface area contributed by atoms with Gasteiger partial charge in [-0.2, -0.15) is 0 Å². The molecule has 14 nitrogen and oxygen atoms in total. The molecule has 4 rings (SSSR count). The molecule has 28 heavy (non-hydrogen) atoms. The minimum atomic E-state index is -1.75. The molecule has 0 saturated heterocycles. The van der Waals surface area contributed by atoms with Crippen LogP contribution in [-0.4, -0.2) is 66.0 Å². The van der Waals surface area contributed by atoms with E-state index in [2.05, 4.69) is 25.9 Å². The number of fused-ring (bicyclic) bond motifs is 2. The van der Waals surface area contributed by atoms with Gasteiger partial charge in [-0.05, 0) is 0 Å². The zero-order valence-electron chi connectivity index (χ0n) is 12.9. The first-order valence-corrected chi connectivity index (χ1v) is 9.16. The van der Waals surface area contributed by atoms with Crippen molar-refractivity contribution in [2.45, 2.75) is 0 Å². The van der Waals surface area contributed by atoms with Gasteiger partial charge in [-0.15, -0.1) is 0 Å². The second-order valence-electron chi connectivity index (χ2n) is 3.67. The van der Waals surface area contributed by atoms with E-state index in [1.165, 1.54) is 0 Å². The molecule has 0 aliphatic heterocycles. The number of nitrogens with zero attached hydrogens (tertiary/aromatic N) is 8. The fourth-order valence-electron chi connectivity index (χ4n) is 1.27. The van der Waals surface area contributed by atoms with E-state index in [0.717, 1.165) is 22.3 Å². The summed E-state index contributed by atoms with van der Waals surface area (Å²) in [6, 6.07) is 7.61. The van der Waals surface area contributed by atoms with E-state index < -0.39 is 10.2 Å². The van der Waals surface area contributed by atoms with Crippen molar-refractivity contribution in [2.24, 2.45) is 0 Å². The quantitative estimate of drug-likeness (QED) is 0.131. The fraction of sp³-hybridized carbons (Fsp3) is 0. The van der Waals surface area contributed by atoms with Crippen molar-refractivity contribution in [1.82, 2.24) is 25.9 Å². The number of aromatic nitrogens is 6. The zero-order valence-corrected chi connectivity index (χ0v) is 19.3. The predicted molar refractivity (Wildman–Crippen MR) is 89.3 cm³/mol. The van der Waals surface area contributed by atoms with Gasteiger partial charge >= 0.3 is 160 Å². The van der Waals surface area contributed by atoms with Crippen LogP contribution >= 0.6 is 0 Å². The Balaban J connectivity index is 0. The molecule has 0 saturated carbocycles. The van der Waals surface area contributed by atoms with Crippen LogP contribution in [-0.2, 0) is 44.8 Å². The second-order valence-corrected chi connectivity index (χ2v) is 5.89. The molecule has 0 unspecified atom stereocenters. The van der Waals surface area contributed by atoms with E-state index in [1.807, 2.05) is 24.3 Å². The van der Waals surface area contributed by atoms with Crippen molar-refractivity contribution in [3.63, 3.8) is 0 Å². The molecular formula is C10H6Ag2N8O6Se2. The molecule has 0 spiro atoms. The number of hydrogen-bond acceptors (Lipinski definition) is 12. The Bertz CT molecular complexity index is 827. The third-order valence-corrected chi connectivity index (χ3v) is 4.30. The fourth-order valence-corrected chi connectivity index (χ4v) is 3.32. The summed E-state index contributed by atoms with van der Waals surface area (Å²) in [5, 5.41) is 29.5. The molecule has 0 bridgehead atoms. The van der Waals surface area contributed by atoms with Gasteiger partial charge in [0.15, 0.2) is 0 Å². The first kappa shape index (κ1) is 28.6. The van der Waals surface area contributed by atoms with Crippen molar-refractivity contribution >= 4 is 52.3 Å². The van der Waals surface area contributed by atoms with Crippen LogP contribution in [0.4, 0.5) is 0 Å². The van der Waals surface area contributed by atoms with Crippen LogP contribution in [0.5, 0.6) is 0 Å². The summed E-state index contributed by atoms with van der Waals surface area (Å²) in [6.45, 7) is 0. The SMILES string of the molecule is O=[N+]([O-])[O-].O=[N+]([O-])[O-].[Ag+].[Ag+].c1cnc2n[se]nc2c1.c1cnc2n[se]nc2c1. The van der Waals surface area contributed by atoms with Crippen LogP contribution in [0.15, 0.2) is 36.7 Å². The average Bonchev–Trinajstić information content (AvgIpc) is 3.23. The zero-order chi connectivity index (χ0) is 19.4. The Morgan fingerprint density at radius 2 is 1.00 bits per heavy atom. The van der Waals surface area contributed by atoms with Crippen molar-refractivity contribution in [3.05, 3.63) is 67.3 Å². The van der Waals surface area contributed by atoms with Gasteiger partial charge in [0.2, 0.25) is 0 Å². The van der Waals surface area contributed by atoms with E-state index in [4.69, 9.17) is 30.6 Å². The van der Waals surface area contributed by atoms with E-state index in [9.17, 15) is 0 Å². The van der Waals surface area contributed by atoms with Crippen LogP contribution in [0.25, 0.3) is 22.3 Å². The van der Waals surface area contributed by atoms with Crippen LogP contribution < -0.4 is 0 Å². The molecule has 0 amide bonds. The summed E-state index contributed by atoms with van der Waals surface area (Å²) in [5.41, 5.74) is 3.49. The van der Waals surface area contributed by atoms with Gasteiger partial charge in [-0.25, -0.2) is 0 Å². The summed E-state index contributed by atoms with van der Waals surface area (Å²) in [7, 11) is 0. The molecule has 0 aliphatic rings. The molecule has 0 aromatic carbocycles. The van der Waals surface area contributed by atoms with Gasteiger partial charge < -0.3 is 30.6 Å². The van der Waals surface area contributed by atoms with Gasteiger partial charge in [0.05, 0.1) is 10.2 Å². The molecule has 0 fully saturated rings. The Morgan fingerprint density at radius 3 is 1.29 bits per heavy atom. The first-order chi connectivity index (χ1) is 12.4. The molecule has 0 atom stereocenters. The van der Waals surface area contributed by atoms with Crippen molar-refractivity contribution in [1.29, 1.82) is 0 Å². The molecular weight excluding hydrogens is 702 g/mol. The predicted octanol–water partition coefficient (Wildman–Crippen LogP) is -0.320. The summed E-state index contributed by atoms with van der Waals surface area (Å²) in [5.74, 6) is 0. The first-order valence-electron chi connectivity index (χ1n) is 6.09. The summed E-state index contributed by atoms with van der Waals surface area (Å²) < 4.78 is 16.4. The van der Waals surface area contributed by atoms with Gasteiger partial charge in [-0.3, -0.25) is 0 Å². The molecule has 156 valence electrons. The molecule has 0 N–H and O–H groups in total. The average molecular weight is 708 g/mol. The summed E-state index contributed by atoms with van der Waals surface area (Å²) in [6.07, 6.45) is 3.47.